The molecule has 0 amide bonds. The molecule has 1 heterocycles. The number of anilines is 1. The lowest BCUT2D eigenvalue weighted by Gasteiger charge is -2.08. The summed E-state index contributed by atoms with van der Waals surface area (Å²) in [5, 5.41) is 0. The number of nitrogens with zero attached hydrogens (tertiary/aromatic N) is 2. The molecule has 1 saturated carbocycles. The van der Waals surface area contributed by atoms with Crippen LogP contribution in [0.3, 0.4) is 0 Å². The largest absolute Gasteiger partial charge is 0.497 e. The number of benzene rings is 2. The topological polar surface area (TPSA) is 70.1 Å². The van der Waals surface area contributed by atoms with Crippen LogP contribution in [0.5, 0.6) is 5.75 Å². The molecule has 132 valence electrons. The second kappa shape index (κ2) is 6.33. The Labute approximate surface area is 152 Å². The van der Waals surface area contributed by atoms with Gasteiger partial charge in [0, 0.05) is 19.0 Å². The molecule has 1 aliphatic carbocycles. The van der Waals surface area contributed by atoms with E-state index in [0.29, 0.717) is 5.92 Å². The maximum Gasteiger partial charge on any atom is 0.254 e. The van der Waals surface area contributed by atoms with Crippen LogP contribution < -0.4 is 16.0 Å². The summed E-state index contributed by atoms with van der Waals surface area (Å²) in [5.41, 5.74) is 10.1. The van der Waals surface area contributed by atoms with Gasteiger partial charge in [0.1, 0.15) is 5.75 Å². The third-order valence-corrected chi connectivity index (χ3v) is 5.10. The molecule has 1 fully saturated rings. The van der Waals surface area contributed by atoms with Crippen LogP contribution in [0.4, 0.5) is 5.95 Å². The zero-order valence-electron chi connectivity index (χ0n) is 14.8. The molecule has 0 unspecified atom stereocenters. The van der Waals surface area contributed by atoms with Gasteiger partial charge in [0.2, 0.25) is 5.95 Å². The summed E-state index contributed by atoms with van der Waals surface area (Å²) in [6.45, 7) is 0. The summed E-state index contributed by atoms with van der Waals surface area (Å²) in [6.07, 6.45) is 0.992. The molecule has 4 rings (SSSR count). The SMILES string of the molecule is COc1ccc(-c2cccc([C@@H]3C[C@@H]3c3cc(=O)n(C)c(N)n3)c2)cc1. The summed E-state index contributed by atoms with van der Waals surface area (Å²) in [4.78, 5) is 16.4. The number of hydrogen-bond acceptors (Lipinski definition) is 4. The molecule has 5 nitrogen and oxygen atoms in total. The van der Waals surface area contributed by atoms with Gasteiger partial charge in [0.15, 0.2) is 0 Å². The summed E-state index contributed by atoms with van der Waals surface area (Å²) < 4.78 is 6.59. The van der Waals surface area contributed by atoms with Gasteiger partial charge in [-0.2, -0.15) is 0 Å². The minimum absolute atomic E-state index is 0.106. The van der Waals surface area contributed by atoms with Gasteiger partial charge in [-0.15, -0.1) is 0 Å². The Hall–Kier alpha value is -3.08. The van der Waals surface area contributed by atoms with E-state index in [1.165, 1.54) is 15.7 Å². The monoisotopic (exact) mass is 347 g/mol. The summed E-state index contributed by atoms with van der Waals surface area (Å²) >= 11 is 0. The van der Waals surface area contributed by atoms with E-state index in [1.807, 2.05) is 12.1 Å². The second-order valence-corrected chi connectivity index (χ2v) is 6.74. The molecule has 5 heteroatoms. The van der Waals surface area contributed by atoms with E-state index in [2.05, 4.69) is 41.4 Å². The van der Waals surface area contributed by atoms with Gasteiger partial charge in [-0.25, -0.2) is 4.98 Å². The van der Waals surface area contributed by atoms with Gasteiger partial charge in [-0.3, -0.25) is 9.36 Å². The highest BCUT2D eigenvalue weighted by molar-refractivity contribution is 5.65. The number of hydrogen-bond donors (Lipinski definition) is 1. The average molecular weight is 347 g/mol. The van der Waals surface area contributed by atoms with Crippen molar-refractivity contribution in [3.8, 4) is 16.9 Å². The van der Waals surface area contributed by atoms with Crippen molar-refractivity contribution in [2.75, 3.05) is 12.8 Å². The van der Waals surface area contributed by atoms with Gasteiger partial charge < -0.3 is 10.5 Å². The quantitative estimate of drug-likeness (QED) is 0.786. The van der Waals surface area contributed by atoms with Gasteiger partial charge in [-0.05, 0) is 41.2 Å². The number of rotatable bonds is 4. The highest BCUT2D eigenvalue weighted by Gasteiger charge is 2.41. The van der Waals surface area contributed by atoms with E-state index < -0.39 is 0 Å². The van der Waals surface area contributed by atoms with E-state index in [4.69, 9.17) is 10.5 Å². The van der Waals surface area contributed by atoms with Crippen molar-refractivity contribution < 1.29 is 4.74 Å². The van der Waals surface area contributed by atoms with E-state index in [9.17, 15) is 4.79 Å². The normalized spacial score (nSPS) is 18.5. The fourth-order valence-corrected chi connectivity index (χ4v) is 3.39. The Bertz CT molecular complexity index is 1010. The lowest BCUT2D eigenvalue weighted by atomic mass is 10.00. The van der Waals surface area contributed by atoms with Crippen LogP contribution in [0.1, 0.15) is 29.5 Å². The van der Waals surface area contributed by atoms with Crippen LogP contribution in [-0.2, 0) is 7.05 Å². The second-order valence-electron chi connectivity index (χ2n) is 6.74. The first-order valence-electron chi connectivity index (χ1n) is 8.64. The molecular formula is C21H21N3O2. The first kappa shape index (κ1) is 16.4. The molecular weight excluding hydrogens is 326 g/mol. The number of ether oxygens (including phenoxy) is 1. The molecule has 0 radical (unpaired) electrons. The number of nitrogens with two attached hydrogens (primary N) is 1. The third kappa shape index (κ3) is 2.96. The highest BCUT2D eigenvalue weighted by atomic mass is 16.5. The maximum atomic E-state index is 12.0. The van der Waals surface area contributed by atoms with E-state index in [-0.39, 0.29) is 17.4 Å². The van der Waals surface area contributed by atoms with Crippen LogP contribution >= 0.6 is 0 Å². The molecule has 3 aromatic rings. The Morgan fingerprint density at radius 3 is 2.54 bits per heavy atom. The van der Waals surface area contributed by atoms with Gasteiger partial charge in [0.05, 0.1) is 12.8 Å². The lowest BCUT2D eigenvalue weighted by Crippen LogP contribution is -2.21. The first-order chi connectivity index (χ1) is 12.6. The van der Waals surface area contributed by atoms with Crippen molar-refractivity contribution >= 4 is 5.95 Å². The van der Waals surface area contributed by atoms with Crippen molar-refractivity contribution in [3.05, 3.63) is 76.2 Å². The number of nitrogen functional groups attached to an aromatic ring is 1. The molecule has 1 aliphatic rings. The van der Waals surface area contributed by atoms with Crippen molar-refractivity contribution in [1.82, 2.24) is 9.55 Å². The number of aromatic nitrogens is 2. The molecule has 0 aliphatic heterocycles. The fraction of sp³-hybridized carbons (Fsp3) is 0.238. The minimum Gasteiger partial charge on any atom is -0.497 e. The van der Waals surface area contributed by atoms with E-state index in [0.717, 1.165) is 23.4 Å². The first-order valence-corrected chi connectivity index (χ1v) is 8.64. The zero-order valence-corrected chi connectivity index (χ0v) is 14.8. The Morgan fingerprint density at radius 2 is 1.85 bits per heavy atom. The van der Waals surface area contributed by atoms with Crippen LogP contribution in [0.15, 0.2) is 59.4 Å². The zero-order chi connectivity index (χ0) is 18.3. The van der Waals surface area contributed by atoms with E-state index >= 15 is 0 Å². The van der Waals surface area contributed by atoms with Crippen molar-refractivity contribution in [2.24, 2.45) is 7.05 Å². The van der Waals surface area contributed by atoms with Gasteiger partial charge >= 0.3 is 0 Å². The molecule has 1 aromatic heterocycles. The Balaban J connectivity index is 1.59. The molecule has 2 atom stereocenters. The standard InChI is InChI=1S/C21H21N3O2/c1-24-20(25)12-19(23-21(24)22)18-11-17(18)15-5-3-4-14(10-15)13-6-8-16(26-2)9-7-13/h3-10,12,17-18H,11H2,1-2H3,(H2,22,23)/t17-,18-/m0/s1. The molecule has 0 bridgehead atoms. The van der Waals surface area contributed by atoms with Crippen molar-refractivity contribution in [3.63, 3.8) is 0 Å². The summed E-state index contributed by atoms with van der Waals surface area (Å²) in [6, 6.07) is 18.2. The van der Waals surface area contributed by atoms with Gasteiger partial charge in [0.25, 0.3) is 5.56 Å². The van der Waals surface area contributed by atoms with Gasteiger partial charge in [-0.1, -0.05) is 36.4 Å². The Morgan fingerprint density at radius 1 is 1.08 bits per heavy atom. The lowest BCUT2D eigenvalue weighted by molar-refractivity contribution is 0.415. The molecule has 26 heavy (non-hydrogen) atoms. The molecule has 0 spiro atoms. The molecule has 0 saturated heterocycles. The summed E-state index contributed by atoms with van der Waals surface area (Å²) in [5.74, 6) is 1.76. The third-order valence-electron chi connectivity index (χ3n) is 5.10. The van der Waals surface area contributed by atoms with Crippen LogP contribution in [0.25, 0.3) is 11.1 Å². The summed E-state index contributed by atoms with van der Waals surface area (Å²) in [7, 11) is 3.30. The van der Waals surface area contributed by atoms with Crippen molar-refractivity contribution in [2.45, 2.75) is 18.3 Å². The predicted molar refractivity (Wildman–Crippen MR) is 102 cm³/mol. The fourth-order valence-electron chi connectivity index (χ4n) is 3.39. The number of methoxy groups -OCH3 is 1. The molecule has 2 aromatic carbocycles. The van der Waals surface area contributed by atoms with Crippen LogP contribution in [0.2, 0.25) is 0 Å². The average Bonchev–Trinajstić information content (AvgIpc) is 3.47. The molecule has 2 N–H and O–H groups in total. The van der Waals surface area contributed by atoms with Crippen LogP contribution in [0, 0.1) is 0 Å². The highest BCUT2D eigenvalue weighted by Crippen LogP contribution is 2.54. The smallest absolute Gasteiger partial charge is 0.254 e. The van der Waals surface area contributed by atoms with Crippen LogP contribution in [-0.4, -0.2) is 16.7 Å². The van der Waals surface area contributed by atoms with E-state index in [1.54, 1.807) is 20.2 Å². The maximum absolute atomic E-state index is 12.0. The Kier molecular flexibility index (Phi) is 3.99. The minimum atomic E-state index is -0.106. The van der Waals surface area contributed by atoms with Crippen molar-refractivity contribution in [1.29, 1.82) is 0 Å². The predicted octanol–water partition coefficient (Wildman–Crippen LogP) is 3.31.